The minimum absolute atomic E-state index is 0.0959. The molecule has 6 aromatic rings. The van der Waals surface area contributed by atoms with E-state index in [0.29, 0.717) is 35.3 Å². The number of aromatic amines is 2. The topological polar surface area (TPSA) is 149 Å². The number of rotatable bonds is 11. The fraction of sp³-hybridized carbons (Fsp3) is 0.211. The Morgan fingerprint density at radius 3 is 1.50 bits per heavy atom. The average molecular weight is 643 g/mol. The summed E-state index contributed by atoms with van der Waals surface area (Å²) in [6, 6.07) is 25.4. The van der Waals surface area contributed by atoms with Crippen molar-refractivity contribution in [2.24, 2.45) is 0 Å². The lowest BCUT2D eigenvalue weighted by Gasteiger charge is -2.14. The number of carbonyl (C=O) groups excluding carboxylic acids is 2. The molecule has 242 valence electrons. The summed E-state index contributed by atoms with van der Waals surface area (Å²) in [6.07, 6.45) is 0.672. The fourth-order valence-electron chi connectivity index (χ4n) is 7.05. The Morgan fingerprint density at radius 2 is 1.04 bits per heavy atom. The highest BCUT2D eigenvalue weighted by Gasteiger charge is 2.37. The Balaban J connectivity index is 0.899. The average Bonchev–Trinajstić information content (AvgIpc) is 3.82. The lowest BCUT2D eigenvalue weighted by Crippen LogP contribution is -2.20. The van der Waals surface area contributed by atoms with Gasteiger partial charge in [0.05, 0.1) is 11.1 Å². The summed E-state index contributed by atoms with van der Waals surface area (Å²) in [7, 11) is 0. The number of phenolic OH excluding ortho intramolecular Hbond substituents is 2. The molecule has 4 heterocycles. The van der Waals surface area contributed by atoms with E-state index in [4.69, 9.17) is 9.47 Å². The maximum atomic E-state index is 12.6. The van der Waals surface area contributed by atoms with Crippen molar-refractivity contribution in [2.45, 2.75) is 38.1 Å². The summed E-state index contributed by atoms with van der Waals surface area (Å²) in [5.74, 6) is -0.587. The van der Waals surface area contributed by atoms with Crippen LogP contribution in [0.4, 0.5) is 0 Å². The lowest BCUT2D eigenvalue weighted by atomic mass is 9.96. The normalized spacial score (nSPS) is 16.8. The number of esters is 2. The van der Waals surface area contributed by atoms with Crippen LogP contribution >= 0.6 is 0 Å². The number of nitrogens with one attached hydrogen (secondary N) is 4. The number of benzene rings is 4. The van der Waals surface area contributed by atoms with Crippen molar-refractivity contribution < 1.29 is 29.3 Å². The van der Waals surface area contributed by atoms with Crippen LogP contribution < -0.4 is 10.6 Å². The van der Waals surface area contributed by atoms with Gasteiger partial charge in [-0.25, -0.2) is 9.59 Å². The number of hydrogen-bond acceptors (Lipinski definition) is 8. The van der Waals surface area contributed by atoms with E-state index in [2.05, 4.69) is 20.6 Å². The third-order valence-electron chi connectivity index (χ3n) is 9.27. The van der Waals surface area contributed by atoms with E-state index in [1.54, 1.807) is 24.3 Å². The maximum absolute atomic E-state index is 12.6. The molecule has 10 nitrogen and oxygen atoms in total. The third-order valence-corrected chi connectivity index (χ3v) is 9.27. The number of ether oxygens (including phenoxy) is 2. The van der Waals surface area contributed by atoms with Gasteiger partial charge < -0.3 is 40.3 Å². The van der Waals surface area contributed by atoms with Gasteiger partial charge in [-0.2, -0.15) is 0 Å². The van der Waals surface area contributed by atoms with E-state index in [1.807, 2.05) is 48.5 Å². The van der Waals surface area contributed by atoms with Gasteiger partial charge in [-0.1, -0.05) is 36.4 Å². The smallest absolute Gasteiger partial charge is 0.339 e. The summed E-state index contributed by atoms with van der Waals surface area (Å²) in [5.41, 5.74) is 7.89. The van der Waals surface area contributed by atoms with Gasteiger partial charge in [0.2, 0.25) is 0 Å². The van der Waals surface area contributed by atoms with Gasteiger partial charge in [0, 0.05) is 68.5 Å². The monoisotopic (exact) mass is 642 g/mol. The minimum Gasteiger partial charge on any atom is -0.508 e. The number of carbonyl (C=O) groups is 2. The number of fused-ring (bicyclic) bond motifs is 4. The summed E-state index contributed by atoms with van der Waals surface area (Å²) >= 11 is 0. The maximum Gasteiger partial charge on any atom is 0.339 e. The molecule has 6 N–H and O–H groups in total. The molecule has 2 aliphatic heterocycles. The third kappa shape index (κ3) is 5.25. The Hall–Kier alpha value is -5.58. The van der Waals surface area contributed by atoms with Crippen molar-refractivity contribution in [2.75, 3.05) is 13.1 Å². The number of hydrogen-bond donors (Lipinski definition) is 6. The summed E-state index contributed by atoms with van der Waals surface area (Å²) < 4.78 is 11.7. The molecular weight excluding hydrogens is 608 g/mol. The predicted octanol–water partition coefficient (Wildman–Crippen LogP) is 6.24. The Morgan fingerprint density at radius 1 is 0.604 bits per heavy atom. The molecule has 10 heteroatoms. The molecule has 0 bridgehead atoms. The van der Waals surface area contributed by atoms with Gasteiger partial charge in [-0.05, 0) is 74.5 Å². The van der Waals surface area contributed by atoms with Crippen LogP contribution in [0.25, 0.3) is 21.8 Å². The molecule has 2 unspecified atom stereocenters. The molecule has 0 fully saturated rings. The largest absolute Gasteiger partial charge is 0.508 e. The van der Waals surface area contributed by atoms with Gasteiger partial charge >= 0.3 is 11.9 Å². The Bertz CT molecular complexity index is 2050. The molecule has 4 aromatic carbocycles. The molecule has 0 spiro atoms. The van der Waals surface area contributed by atoms with E-state index in [1.165, 1.54) is 12.1 Å². The second-order valence-electron chi connectivity index (χ2n) is 12.3. The molecule has 48 heavy (non-hydrogen) atoms. The lowest BCUT2D eigenvalue weighted by molar-refractivity contribution is 0.0447. The highest BCUT2D eigenvalue weighted by atomic mass is 16.6. The summed E-state index contributed by atoms with van der Waals surface area (Å²) in [4.78, 5) is 32.3. The van der Waals surface area contributed by atoms with Crippen molar-refractivity contribution in [3.63, 3.8) is 0 Å². The van der Waals surface area contributed by atoms with Crippen LogP contribution in [0.5, 0.6) is 11.5 Å². The zero-order valence-electron chi connectivity index (χ0n) is 26.0. The predicted molar refractivity (Wildman–Crippen MR) is 180 cm³/mol. The highest BCUT2D eigenvalue weighted by Crippen LogP contribution is 2.43. The molecule has 2 aliphatic rings. The zero-order chi connectivity index (χ0) is 32.8. The van der Waals surface area contributed by atoms with Crippen molar-refractivity contribution >= 4 is 33.7 Å². The Labute approximate surface area is 275 Å². The SMILES string of the molecule is O=C1OC(c2c(CNCCCCNCc3[nH]c4ccccc4c3C3OC(=O)c4ccc(O)cc43)[nH]c3ccccc23)c2cc(O)ccc21. The van der Waals surface area contributed by atoms with Crippen LogP contribution in [0.15, 0.2) is 84.9 Å². The molecular formula is C38H34N4O6. The van der Waals surface area contributed by atoms with Gasteiger partial charge in [-0.15, -0.1) is 0 Å². The number of phenols is 2. The molecule has 2 aromatic heterocycles. The number of para-hydroxylation sites is 2. The quantitative estimate of drug-likeness (QED) is 0.0719. The van der Waals surface area contributed by atoms with E-state index in [0.717, 1.165) is 70.3 Å². The van der Waals surface area contributed by atoms with Crippen LogP contribution in [0.2, 0.25) is 0 Å². The van der Waals surface area contributed by atoms with Crippen molar-refractivity contribution in [3.05, 3.63) is 130 Å². The van der Waals surface area contributed by atoms with Crippen LogP contribution in [0, 0.1) is 0 Å². The first-order chi connectivity index (χ1) is 23.5. The first-order valence-corrected chi connectivity index (χ1v) is 16.1. The van der Waals surface area contributed by atoms with E-state index < -0.39 is 12.2 Å². The molecule has 0 radical (unpaired) electrons. The van der Waals surface area contributed by atoms with Crippen molar-refractivity contribution in [1.29, 1.82) is 0 Å². The number of aromatic hydroxyl groups is 2. The van der Waals surface area contributed by atoms with Gasteiger partial charge in [0.15, 0.2) is 12.2 Å². The molecule has 2 atom stereocenters. The first-order valence-electron chi connectivity index (χ1n) is 16.1. The van der Waals surface area contributed by atoms with Crippen LogP contribution in [-0.2, 0) is 22.6 Å². The van der Waals surface area contributed by atoms with E-state index in [-0.39, 0.29) is 23.4 Å². The Kier molecular flexibility index (Phi) is 7.59. The molecule has 8 rings (SSSR count). The van der Waals surface area contributed by atoms with Crippen molar-refractivity contribution in [1.82, 2.24) is 20.6 Å². The van der Waals surface area contributed by atoms with Gasteiger partial charge in [0.25, 0.3) is 0 Å². The minimum atomic E-state index is -0.599. The molecule has 0 saturated heterocycles. The van der Waals surface area contributed by atoms with Crippen LogP contribution in [0.3, 0.4) is 0 Å². The second-order valence-corrected chi connectivity index (χ2v) is 12.3. The van der Waals surface area contributed by atoms with Crippen LogP contribution in [0.1, 0.15) is 79.4 Å². The molecule has 0 saturated carbocycles. The van der Waals surface area contributed by atoms with E-state index in [9.17, 15) is 19.8 Å². The first kappa shape index (κ1) is 29.8. The number of cyclic esters (lactones) is 2. The van der Waals surface area contributed by atoms with Gasteiger partial charge in [0.1, 0.15) is 11.5 Å². The number of aromatic nitrogens is 2. The summed E-state index contributed by atoms with van der Waals surface area (Å²) in [6.45, 7) is 2.70. The fourth-order valence-corrected chi connectivity index (χ4v) is 7.05. The highest BCUT2D eigenvalue weighted by molar-refractivity contribution is 5.97. The molecule has 0 aliphatic carbocycles. The zero-order valence-corrected chi connectivity index (χ0v) is 26.0. The van der Waals surface area contributed by atoms with Gasteiger partial charge in [-0.3, -0.25) is 0 Å². The second kappa shape index (κ2) is 12.2. The number of unbranched alkanes of at least 4 members (excludes halogenated alkanes) is 1. The standard InChI is InChI=1S/C38H34N4O6/c43-21-11-13-23-27(17-21)35(47-37(23)45)33-25-7-1-3-9-29(25)41-31(33)19-39-15-5-6-16-40-20-32-34(26-8-2-4-10-30(26)42-32)36-28-18-22(44)12-14-24(28)38(46)48-36/h1-4,7-14,17-18,35-36,39-44H,5-6,15-16,19-20H2. The van der Waals surface area contributed by atoms with E-state index >= 15 is 0 Å². The van der Waals surface area contributed by atoms with Crippen molar-refractivity contribution in [3.8, 4) is 11.5 Å². The van der Waals surface area contributed by atoms with Crippen LogP contribution in [-0.4, -0.2) is 45.2 Å². The molecule has 0 amide bonds. The number of H-pyrrole nitrogens is 2. The summed E-state index contributed by atoms with van der Waals surface area (Å²) in [5, 5.41) is 29.3.